The minimum atomic E-state index is -1.37. The lowest BCUT2D eigenvalue weighted by molar-refractivity contribution is -0.204. The van der Waals surface area contributed by atoms with Gasteiger partial charge in [0, 0.05) is 18.9 Å². The van der Waals surface area contributed by atoms with Gasteiger partial charge in [-0.15, -0.1) is 0 Å². The van der Waals surface area contributed by atoms with E-state index in [2.05, 4.69) is 31.2 Å². The number of nitrogens with zero attached hydrogens (tertiary/aromatic N) is 1. The van der Waals surface area contributed by atoms with Gasteiger partial charge in [-0.3, -0.25) is 4.79 Å². The van der Waals surface area contributed by atoms with Crippen LogP contribution in [-0.4, -0.2) is 57.9 Å². The number of carbonyl (C=O) groups is 1. The van der Waals surface area contributed by atoms with E-state index in [9.17, 15) is 20.1 Å². The molecule has 146 valence electrons. The standard InChI is InChI=1S/C21H27NO5/c1-3-7-15-14(4-2)18(17-9-6-5-8-16(15)17)12-27-21(26)22-11-13(23)10-19(22)20(24)25/h4-9,13,18-19,21,23,26H,3,10-12H2,1-2H3,(H,24,25)/b14-4?,15-7+/t13-,18?,19+,21?/m1/s1. The summed E-state index contributed by atoms with van der Waals surface area (Å²) in [5, 5.41) is 29.5. The summed E-state index contributed by atoms with van der Waals surface area (Å²) in [6.45, 7) is 4.40. The first-order chi connectivity index (χ1) is 13.0. The summed E-state index contributed by atoms with van der Waals surface area (Å²) < 4.78 is 5.69. The first kappa shape index (κ1) is 19.8. The van der Waals surface area contributed by atoms with Crippen LogP contribution in [0, 0.1) is 0 Å². The number of ether oxygens (including phenoxy) is 1. The van der Waals surface area contributed by atoms with Gasteiger partial charge in [-0.05, 0) is 35.6 Å². The first-order valence-electron chi connectivity index (χ1n) is 9.40. The highest BCUT2D eigenvalue weighted by Crippen LogP contribution is 2.46. The fourth-order valence-corrected chi connectivity index (χ4v) is 4.13. The lowest BCUT2D eigenvalue weighted by Gasteiger charge is -2.27. The van der Waals surface area contributed by atoms with Crippen LogP contribution in [0.5, 0.6) is 0 Å². The molecular formula is C21H27NO5. The molecule has 0 radical (unpaired) electrons. The minimum Gasteiger partial charge on any atom is -0.480 e. The summed E-state index contributed by atoms with van der Waals surface area (Å²) in [6, 6.07) is 7.21. The molecule has 1 heterocycles. The van der Waals surface area contributed by atoms with Crippen LogP contribution in [0.1, 0.15) is 43.7 Å². The summed E-state index contributed by atoms with van der Waals surface area (Å²) in [7, 11) is 0. The van der Waals surface area contributed by atoms with Gasteiger partial charge in [-0.2, -0.15) is 0 Å². The Kier molecular flexibility index (Phi) is 6.11. The number of hydrogen-bond acceptors (Lipinski definition) is 5. The smallest absolute Gasteiger partial charge is 0.321 e. The maximum Gasteiger partial charge on any atom is 0.321 e. The van der Waals surface area contributed by atoms with Crippen LogP contribution in [0.25, 0.3) is 5.57 Å². The molecule has 0 bridgehead atoms. The zero-order chi connectivity index (χ0) is 19.6. The number of aliphatic hydroxyl groups is 2. The van der Waals surface area contributed by atoms with Gasteiger partial charge in [0.2, 0.25) is 6.41 Å². The molecule has 2 aliphatic rings. The molecule has 1 saturated heterocycles. The molecule has 2 unspecified atom stereocenters. The molecule has 27 heavy (non-hydrogen) atoms. The van der Waals surface area contributed by atoms with Crippen molar-refractivity contribution in [2.75, 3.05) is 13.2 Å². The third kappa shape index (κ3) is 3.84. The number of allylic oxidation sites excluding steroid dienone is 3. The fourth-order valence-electron chi connectivity index (χ4n) is 4.13. The second-order valence-corrected chi connectivity index (χ2v) is 7.01. The van der Waals surface area contributed by atoms with Crippen molar-refractivity contribution in [2.24, 2.45) is 0 Å². The Morgan fingerprint density at radius 2 is 2.15 bits per heavy atom. The Morgan fingerprint density at radius 3 is 2.81 bits per heavy atom. The van der Waals surface area contributed by atoms with Gasteiger partial charge in [0.1, 0.15) is 6.04 Å². The molecule has 1 aliphatic heterocycles. The van der Waals surface area contributed by atoms with E-state index in [0.29, 0.717) is 0 Å². The van der Waals surface area contributed by atoms with Crippen LogP contribution in [0.15, 0.2) is 42.0 Å². The molecule has 6 heteroatoms. The zero-order valence-corrected chi connectivity index (χ0v) is 15.7. The zero-order valence-electron chi connectivity index (χ0n) is 15.7. The van der Waals surface area contributed by atoms with Gasteiger partial charge < -0.3 is 20.1 Å². The maximum absolute atomic E-state index is 11.4. The van der Waals surface area contributed by atoms with E-state index in [1.807, 2.05) is 19.1 Å². The highest BCUT2D eigenvalue weighted by molar-refractivity contribution is 5.87. The van der Waals surface area contributed by atoms with Crippen molar-refractivity contribution in [1.29, 1.82) is 0 Å². The summed E-state index contributed by atoms with van der Waals surface area (Å²) in [4.78, 5) is 12.7. The van der Waals surface area contributed by atoms with Gasteiger partial charge in [0.25, 0.3) is 0 Å². The second kappa shape index (κ2) is 8.35. The lowest BCUT2D eigenvalue weighted by Crippen LogP contribution is -2.45. The number of hydrogen-bond donors (Lipinski definition) is 3. The van der Waals surface area contributed by atoms with Crippen molar-refractivity contribution < 1.29 is 24.9 Å². The Labute approximate surface area is 159 Å². The van der Waals surface area contributed by atoms with Gasteiger partial charge in [0.05, 0.1) is 12.7 Å². The number of fused-ring (bicyclic) bond motifs is 1. The highest BCUT2D eigenvalue weighted by Gasteiger charge is 2.40. The molecule has 0 saturated carbocycles. The highest BCUT2D eigenvalue weighted by atomic mass is 16.6. The van der Waals surface area contributed by atoms with Crippen LogP contribution in [0.3, 0.4) is 0 Å². The molecule has 0 spiro atoms. The molecule has 1 aliphatic carbocycles. The maximum atomic E-state index is 11.4. The number of β-amino-alcohol motifs (C(OH)–C–C–N with tert-alkyl or cyclic N) is 1. The molecular weight excluding hydrogens is 346 g/mol. The first-order valence-corrected chi connectivity index (χ1v) is 9.40. The third-order valence-electron chi connectivity index (χ3n) is 5.33. The van der Waals surface area contributed by atoms with Crippen molar-refractivity contribution in [2.45, 2.75) is 51.2 Å². The number of carboxylic acid groups (broad SMARTS) is 1. The lowest BCUT2D eigenvalue weighted by atomic mass is 9.97. The van der Waals surface area contributed by atoms with E-state index in [4.69, 9.17) is 4.74 Å². The molecule has 1 aromatic carbocycles. The van der Waals surface area contributed by atoms with E-state index < -0.39 is 24.5 Å². The van der Waals surface area contributed by atoms with E-state index in [1.165, 1.54) is 16.0 Å². The third-order valence-corrected chi connectivity index (χ3v) is 5.33. The second-order valence-electron chi connectivity index (χ2n) is 7.01. The van der Waals surface area contributed by atoms with Crippen LogP contribution in [0.2, 0.25) is 0 Å². The Hall–Kier alpha value is -1.99. The molecule has 1 fully saturated rings. The van der Waals surface area contributed by atoms with Gasteiger partial charge in [0.15, 0.2) is 0 Å². The largest absolute Gasteiger partial charge is 0.480 e. The van der Waals surface area contributed by atoms with Gasteiger partial charge >= 0.3 is 5.97 Å². The Bertz CT molecular complexity index is 757. The van der Waals surface area contributed by atoms with Crippen molar-refractivity contribution in [3.8, 4) is 0 Å². The summed E-state index contributed by atoms with van der Waals surface area (Å²) in [6.07, 6.45) is 3.13. The molecule has 6 nitrogen and oxygen atoms in total. The van der Waals surface area contributed by atoms with Crippen molar-refractivity contribution in [1.82, 2.24) is 4.90 Å². The topological polar surface area (TPSA) is 90.2 Å². The van der Waals surface area contributed by atoms with Crippen LogP contribution in [-0.2, 0) is 9.53 Å². The van der Waals surface area contributed by atoms with Gasteiger partial charge in [-0.1, -0.05) is 43.3 Å². The van der Waals surface area contributed by atoms with Crippen molar-refractivity contribution >= 4 is 11.5 Å². The summed E-state index contributed by atoms with van der Waals surface area (Å²) in [5.41, 5.74) is 4.67. The fraction of sp³-hybridized carbons (Fsp3) is 0.476. The molecule has 0 aromatic heterocycles. The monoisotopic (exact) mass is 373 g/mol. The predicted octanol–water partition coefficient (Wildman–Crippen LogP) is 2.34. The number of aliphatic hydroxyl groups excluding tert-OH is 2. The predicted molar refractivity (Wildman–Crippen MR) is 102 cm³/mol. The van der Waals surface area contributed by atoms with Crippen LogP contribution in [0.4, 0.5) is 0 Å². The number of likely N-dealkylation sites (tertiary alicyclic amines) is 1. The van der Waals surface area contributed by atoms with E-state index >= 15 is 0 Å². The molecule has 3 rings (SSSR count). The average molecular weight is 373 g/mol. The molecule has 4 atom stereocenters. The summed E-state index contributed by atoms with van der Waals surface area (Å²) >= 11 is 0. The molecule has 3 N–H and O–H groups in total. The van der Waals surface area contributed by atoms with E-state index in [1.54, 1.807) is 0 Å². The molecule has 0 amide bonds. The van der Waals surface area contributed by atoms with Crippen LogP contribution >= 0.6 is 0 Å². The summed E-state index contributed by atoms with van der Waals surface area (Å²) in [5.74, 6) is -1.09. The van der Waals surface area contributed by atoms with E-state index in [0.717, 1.165) is 17.6 Å². The van der Waals surface area contributed by atoms with Gasteiger partial charge in [-0.25, -0.2) is 4.90 Å². The number of rotatable bonds is 6. The Balaban J connectivity index is 1.77. The number of aliphatic carboxylic acids is 1. The van der Waals surface area contributed by atoms with Crippen molar-refractivity contribution in [3.05, 3.63) is 53.1 Å². The Morgan fingerprint density at radius 1 is 1.41 bits per heavy atom. The van der Waals surface area contributed by atoms with E-state index in [-0.39, 0.29) is 25.5 Å². The normalized spacial score (nSPS) is 29.4. The number of benzene rings is 1. The SMILES string of the molecule is CC=C1/C(=C\CC)c2ccccc2C1COC(O)N1C[C@H](O)C[C@H]1C(=O)O. The average Bonchev–Trinajstić information content (AvgIpc) is 3.19. The van der Waals surface area contributed by atoms with Crippen molar-refractivity contribution in [3.63, 3.8) is 0 Å². The minimum absolute atomic E-state index is 0.0190. The molecule has 1 aromatic rings. The quantitative estimate of drug-likeness (QED) is 0.663. The number of carboxylic acids is 1. The van der Waals surface area contributed by atoms with Crippen LogP contribution < -0.4 is 0 Å².